The zero-order valence-electron chi connectivity index (χ0n) is 10.5. The number of carbonyl (C=O) groups excluding carboxylic acids is 1. The number of hydrogen-bond donors (Lipinski definition) is 0. The molecule has 0 amide bonds. The minimum atomic E-state index is 0.270. The van der Waals surface area contributed by atoms with Crippen LogP contribution < -0.4 is 4.90 Å². The molecule has 1 unspecified atom stereocenters. The third kappa shape index (κ3) is 2.54. The molecule has 1 atom stereocenters. The molecule has 1 aliphatic rings. The number of benzene rings is 1. The van der Waals surface area contributed by atoms with Crippen LogP contribution >= 0.6 is 15.9 Å². The minimum Gasteiger partial charge on any atom is -0.368 e. The van der Waals surface area contributed by atoms with Crippen molar-refractivity contribution in [1.82, 2.24) is 0 Å². The lowest BCUT2D eigenvalue weighted by Crippen LogP contribution is -2.29. The Labute approximate surface area is 111 Å². The molecule has 1 aromatic carbocycles. The van der Waals surface area contributed by atoms with Gasteiger partial charge in [0.1, 0.15) is 5.78 Å². The Hall–Kier alpha value is -0.830. The maximum absolute atomic E-state index is 11.3. The van der Waals surface area contributed by atoms with E-state index in [1.54, 1.807) is 6.92 Å². The first-order valence-corrected chi connectivity index (χ1v) is 6.84. The lowest BCUT2D eigenvalue weighted by molar-refractivity contribution is -0.117. The van der Waals surface area contributed by atoms with Crippen molar-refractivity contribution >= 4 is 27.4 Å². The summed E-state index contributed by atoms with van der Waals surface area (Å²) < 4.78 is 1.09. The van der Waals surface area contributed by atoms with E-state index in [0.717, 1.165) is 11.0 Å². The van der Waals surface area contributed by atoms with Crippen molar-refractivity contribution in [2.75, 3.05) is 11.4 Å². The fourth-order valence-electron chi connectivity index (χ4n) is 2.56. The summed E-state index contributed by atoms with van der Waals surface area (Å²) >= 11 is 3.51. The van der Waals surface area contributed by atoms with Gasteiger partial charge in [0, 0.05) is 35.1 Å². The van der Waals surface area contributed by atoms with Gasteiger partial charge in [0.25, 0.3) is 0 Å². The van der Waals surface area contributed by atoms with Crippen LogP contribution in [0.3, 0.4) is 0 Å². The number of Topliss-reactive ketones (excluding diaryl/α,β-unsaturated/α-hetero) is 1. The van der Waals surface area contributed by atoms with E-state index < -0.39 is 0 Å². The molecule has 0 fully saturated rings. The fraction of sp³-hybridized carbons (Fsp3) is 0.500. The molecule has 1 aliphatic heterocycles. The van der Waals surface area contributed by atoms with Crippen LogP contribution in [0.15, 0.2) is 22.7 Å². The van der Waals surface area contributed by atoms with Crippen molar-refractivity contribution in [3.63, 3.8) is 0 Å². The number of anilines is 1. The van der Waals surface area contributed by atoms with Crippen LogP contribution in [0.2, 0.25) is 0 Å². The van der Waals surface area contributed by atoms with Gasteiger partial charge < -0.3 is 9.69 Å². The maximum Gasteiger partial charge on any atom is 0.130 e. The van der Waals surface area contributed by atoms with Crippen molar-refractivity contribution in [1.29, 1.82) is 0 Å². The normalized spacial score (nSPS) is 18.6. The monoisotopic (exact) mass is 295 g/mol. The van der Waals surface area contributed by atoms with Crippen LogP contribution in [-0.4, -0.2) is 18.4 Å². The van der Waals surface area contributed by atoms with Crippen LogP contribution in [0, 0.1) is 0 Å². The quantitative estimate of drug-likeness (QED) is 0.847. The lowest BCUT2D eigenvalue weighted by atomic mass is 9.96. The van der Waals surface area contributed by atoms with E-state index in [4.69, 9.17) is 0 Å². The Morgan fingerprint density at radius 3 is 2.82 bits per heavy atom. The SMILES string of the molecule is CC(=O)CC1CN(C(C)C)c2ccc(Br)cc21. The second-order valence-corrected chi connectivity index (χ2v) is 5.97. The Kier molecular flexibility index (Phi) is 3.57. The van der Waals surface area contributed by atoms with Gasteiger partial charge in [-0.15, -0.1) is 0 Å². The summed E-state index contributed by atoms with van der Waals surface area (Å²) in [6.07, 6.45) is 0.646. The predicted octanol–water partition coefficient (Wildman–Crippen LogP) is 3.74. The summed E-state index contributed by atoms with van der Waals surface area (Å²) in [6, 6.07) is 6.86. The predicted molar refractivity (Wildman–Crippen MR) is 74.7 cm³/mol. The summed E-state index contributed by atoms with van der Waals surface area (Å²) in [7, 11) is 0. The topological polar surface area (TPSA) is 20.3 Å². The molecule has 2 nitrogen and oxygen atoms in total. The van der Waals surface area contributed by atoms with E-state index in [2.05, 4.69) is 52.9 Å². The molecule has 17 heavy (non-hydrogen) atoms. The molecular weight excluding hydrogens is 278 g/mol. The van der Waals surface area contributed by atoms with Crippen LogP contribution in [0.25, 0.3) is 0 Å². The van der Waals surface area contributed by atoms with Crippen molar-refractivity contribution in [3.8, 4) is 0 Å². The van der Waals surface area contributed by atoms with Gasteiger partial charge in [-0.2, -0.15) is 0 Å². The molecule has 0 saturated carbocycles. The Morgan fingerprint density at radius 1 is 1.53 bits per heavy atom. The van der Waals surface area contributed by atoms with Gasteiger partial charge in [0.05, 0.1) is 0 Å². The van der Waals surface area contributed by atoms with E-state index in [1.807, 2.05) is 0 Å². The third-order valence-electron chi connectivity index (χ3n) is 3.31. The average molecular weight is 296 g/mol. The number of carbonyl (C=O) groups is 1. The zero-order valence-corrected chi connectivity index (χ0v) is 12.1. The van der Waals surface area contributed by atoms with E-state index >= 15 is 0 Å². The molecule has 0 aliphatic carbocycles. The highest BCUT2D eigenvalue weighted by Gasteiger charge is 2.30. The van der Waals surface area contributed by atoms with Crippen LogP contribution in [0.4, 0.5) is 5.69 Å². The van der Waals surface area contributed by atoms with Crippen LogP contribution in [-0.2, 0) is 4.79 Å². The summed E-state index contributed by atoms with van der Waals surface area (Å²) in [5, 5.41) is 0. The van der Waals surface area contributed by atoms with E-state index in [1.165, 1.54) is 11.3 Å². The summed E-state index contributed by atoms with van der Waals surface area (Å²) in [4.78, 5) is 13.7. The molecule has 0 saturated heterocycles. The second kappa shape index (κ2) is 4.81. The molecule has 2 rings (SSSR count). The first-order valence-electron chi connectivity index (χ1n) is 6.04. The van der Waals surface area contributed by atoms with E-state index in [9.17, 15) is 4.79 Å². The Bertz CT molecular complexity index is 442. The highest BCUT2D eigenvalue weighted by molar-refractivity contribution is 9.10. The fourth-order valence-corrected chi connectivity index (χ4v) is 2.94. The van der Waals surface area contributed by atoms with E-state index in [-0.39, 0.29) is 5.78 Å². The summed E-state index contributed by atoms with van der Waals surface area (Å²) in [5.41, 5.74) is 2.60. The highest BCUT2D eigenvalue weighted by atomic mass is 79.9. The van der Waals surface area contributed by atoms with Crippen molar-refractivity contribution < 1.29 is 4.79 Å². The van der Waals surface area contributed by atoms with Gasteiger partial charge in [-0.25, -0.2) is 0 Å². The molecule has 0 radical (unpaired) electrons. The van der Waals surface area contributed by atoms with Gasteiger partial charge in [-0.3, -0.25) is 0 Å². The van der Waals surface area contributed by atoms with Gasteiger partial charge in [0.15, 0.2) is 0 Å². The number of nitrogens with zero attached hydrogens (tertiary/aromatic N) is 1. The minimum absolute atomic E-state index is 0.270. The number of ketones is 1. The van der Waals surface area contributed by atoms with E-state index in [0.29, 0.717) is 18.4 Å². The van der Waals surface area contributed by atoms with Crippen LogP contribution in [0.5, 0.6) is 0 Å². The van der Waals surface area contributed by atoms with Crippen molar-refractivity contribution in [3.05, 3.63) is 28.2 Å². The third-order valence-corrected chi connectivity index (χ3v) is 3.81. The molecule has 1 aromatic rings. The molecule has 0 N–H and O–H groups in total. The highest BCUT2D eigenvalue weighted by Crippen LogP contribution is 2.40. The standard InChI is InChI=1S/C14H18BrNO/c1-9(2)16-8-11(6-10(3)17)13-7-12(15)4-5-14(13)16/h4-5,7,9,11H,6,8H2,1-3H3. The zero-order chi connectivity index (χ0) is 12.6. The summed E-state index contributed by atoms with van der Waals surface area (Å²) in [6.45, 7) is 7.03. The average Bonchev–Trinajstić information content (AvgIpc) is 2.56. The molecular formula is C14H18BrNO. The molecule has 92 valence electrons. The maximum atomic E-state index is 11.3. The van der Waals surface area contributed by atoms with Crippen molar-refractivity contribution in [2.45, 2.75) is 39.2 Å². The first-order chi connectivity index (χ1) is 7.99. The number of hydrogen-bond acceptors (Lipinski definition) is 2. The molecule has 0 spiro atoms. The van der Waals surface area contributed by atoms with Gasteiger partial charge in [0.2, 0.25) is 0 Å². The largest absolute Gasteiger partial charge is 0.368 e. The summed E-state index contributed by atoms with van der Waals surface area (Å²) in [5.74, 6) is 0.619. The van der Waals surface area contributed by atoms with Gasteiger partial charge in [-0.1, -0.05) is 15.9 Å². The number of fused-ring (bicyclic) bond motifs is 1. The smallest absolute Gasteiger partial charge is 0.130 e. The first kappa shape index (κ1) is 12.6. The lowest BCUT2D eigenvalue weighted by Gasteiger charge is -2.24. The molecule has 1 heterocycles. The van der Waals surface area contributed by atoms with Crippen molar-refractivity contribution in [2.24, 2.45) is 0 Å². The Morgan fingerprint density at radius 2 is 2.24 bits per heavy atom. The molecule has 0 bridgehead atoms. The Balaban J connectivity index is 2.37. The number of rotatable bonds is 3. The number of halogens is 1. The second-order valence-electron chi connectivity index (χ2n) is 5.05. The molecule has 3 heteroatoms. The van der Waals surface area contributed by atoms with Crippen LogP contribution in [0.1, 0.15) is 38.7 Å². The van der Waals surface area contributed by atoms with Gasteiger partial charge >= 0.3 is 0 Å². The molecule has 0 aromatic heterocycles. The van der Waals surface area contributed by atoms with Gasteiger partial charge in [-0.05, 0) is 44.5 Å².